The number of ether oxygens (including phenoxy) is 1. The lowest BCUT2D eigenvalue weighted by Crippen LogP contribution is -2.09. The average molecular weight is 424 g/mol. The highest BCUT2D eigenvalue weighted by molar-refractivity contribution is 9.10. The Kier molecular flexibility index (Phi) is 5.02. The predicted molar refractivity (Wildman–Crippen MR) is 109 cm³/mol. The Morgan fingerprint density at radius 3 is 2.59 bits per heavy atom. The first-order valence-corrected chi connectivity index (χ1v) is 9.37. The maximum absolute atomic E-state index is 5.90. The average Bonchev–Trinajstić information content (AvgIpc) is 3.29. The van der Waals surface area contributed by atoms with Crippen LogP contribution in [0.2, 0.25) is 0 Å². The van der Waals surface area contributed by atoms with Crippen LogP contribution in [-0.4, -0.2) is 32.3 Å². The molecule has 7 heteroatoms. The lowest BCUT2D eigenvalue weighted by Gasteiger charge is -2.10. The number of fused-ring (bicyclic) bond motifs is 1. The smallest absolute Gasteiger partial charge is 0.141 e. The Morgan fingerprint density at radius 1 is 1.07 bits per heavy atom. The molecule has 0 radical (unpaired) electrons. The molecule has 0 aliphatic rings. The van der Waals surface area contributed by atoms with E-state index in [-0.39, 0.29) is 0 Å². The number of aromatic nitrogens is 4. The van der Waals surface area contributed by atoms with Crippen molar-refractivity contribution in [3.05, 3.63) is 76.9 Å². The van der Waals surface area contributed by atoms with Crippen LogP contribution in [0.25, 0.3) is 10.9 Å². The fraction of sp³-hybridized carbons (Fsp3) is 0.150. The van der Waals surface area contributed by atoms with E-state index in [2.05, 4.69) is 60.9 Å². The Hall–Kier alpha value is -2.93. The van der Waals surface area contributed by atoms with Crippen LogP contribution in [0.3, 0.4) is 0 Å². The number of halogens is 1. The van der Waals surface area contributed by atoms with Gasteiger partial charge in [0.2, 0.25) is 0 Å². The first-order chi connectivity index (χ1) is 13.2. The third kappa shape index (κ3) is 3.78. The monoisotopic (exact) mass is 423 g/mol. The van der Waals surface area contributed by atoms with Crippen LogP contribution in [0.5, 0.6) is 5.75 Å². The Balaban J connectivity index is 1.58. The lowest BCUT2D eigenvalue weighted by atomic mass is 10.1. The van der Waals surface area contributed by atoms with Crippen molar-refractivity contribution in [2.75, 3.05) is 6.61 Å². The normalized spacial score (nSPS) is 11.5. The van der Waals surface area contributed by atoms with Gasteiger partial charge in [0, 0.05) is 26.6 Å². The van der Waals surface area contributed by atoms with E-state index >= 15 is 0 Å². The lowest BCUT2D eigenvalue weighted by molar-refractivity contribution is 0.299. The molecule has 27 heavy (non-hydrogen) atoms. The standard InChI is InChI=1S/C20H18BrN5O/c1-15-19(12-24-25-13-22-23-14-25)18-4-2-3-5-20(18)26(15)10-11-27-17-8-6-16(21)7-9-17/h2-9,12-14H,10-11H2,1H3/b24-12-. The van der Waals surface area contributed by atoms with Gasteiger partial charge in [0.25, 0.3) is 0 Å². The van der Waals surface area contributed by atoms with E-state index in [0.29, 0.717) is 6.61 Å². The molecule has 0 N–H and O–H groups in total. The van der Waals surface area contributed by atoms with E-state index in [1.165, 1.54) is 5.52 Å². The van der Waals surface area contributed by atoms with Crippen LogP contribution in [0.15, 0.2) is 70.8 Å². The molecule has 0 fully saturated rings. The van der Waals surface area contributed by atoms with Crippen LogP contribution < -0.4 is 4.74 Å². The largest absolute Gasteiger partial charge is 0.492 e. The Morgan fingerprint density at radius 2 is 1.81 bits per heavy atom. The highest BCUT2D eigenvalue weighted by atomic mass is 79.9. The van der Waals surface area contributed by atoms with E-state index in [0.717, 1.165) is 33.4 Å². The zero-order valence-corrected chi connectivity index (χ0v) is 16.4. The van der Waals surface area contributed by atoms with Gasteiger partial charge in [0.15, 0.2) is 0 Å². The predicted octanol–water partition coefficient (Wildman–Crippen LogP) is 4.26. The van der Waals surface area contributed by atoms with Crippen molar-refractivity contribution < 1.29 is 4.74 Å². The molecule has 0 spiro atoms. The number of hydrogen-bond donors (Lipinski definition) is 0. The van der Waals surface area contributed by atoms with Crippen molar-refractivity contribution in [2.24, 2.45) is 5.10 Å². The zero-order valence-electron chi connectivity index (χ0n) is 14.8. The molecular weight excluding hydrogens is 406 g/mol. The van der Waals surface area contributed by atoms with Crippen molar-refractivity contribution >= 4 is 33.0 Å². The quantitative estimate of drug-likeness (QED) is 0.435. The second-order valence-electron chi connectivity index (χ2n) is 6.06. The third-order valence-corrected chi connectivity index (χ3v) is 4.93. The molecule has 0 saturated heterocycles. The molecule has 0 aliphatic carbocycles. The summed E-state index contributed by atoms with van der Waals surface area (Å²) in [5.41, 5.74) is 3.40. The van der Waals surface area contributed by atoms with Crippen LogP contribution >= 0.6 is 15.9 Å². The second-order valence-corrected chi connectivity index (χ2v) is 6.97. The maximum atomic E-state index is 5.90. The summed E-state index contributed by atoms with van der Waals surface area (Å²) in [7, 11) is 0. The topological polar surface area (TPSA) is 57.2 Å². The Labute approximate surface area is 165 Å². The van der Waals surface area contributed by atoms with Crippen LogP contribution in [-0.2, 0) is 6.54 Å². The molecule has 6 nitrogen and oxygen atoms in total. The summed E-state index contributed by atoms with van der Waals surface area (Å²) in [6.45, 7) is 3.44. The van der Waals surface area contributed by atoms with Gasteiger partial charge in [-0.15, -0.1) is 10.2 Å². The first kappa shape index (κ1) is 17.5. The molecule has 0 atom stereocenters. The molecular formula is C20H18BrN5O. The van der Waals surface area contributed by atoms with Crippen molar-refractivity contribution in [1.29, 1.82) is 0 Å². The fourth-order valence-corrected chi connectivity index (χ4v) is 3.34. The summed E-state index contributed by atoms with van der Waals surface area (Å²) in [6, 6.07) is 16.2. The highest BCUT2D eigenvalue weighted by Gasteiger charge is 2.12. The minimum absolute atomic E-state index is 0.586. The maximum Gasteiger partial charge on any atom is 0.141 e. The fourth-order valence-electron chi connectivity index (χ4n) is 3.07. The second kappa shape index (κ2) is 7.75. The van der Waals surface area contributed by atoms with Gasteiger partial charge in [-0.2, -0.15) is 5.10 Å². The summed E-state index contributed by atoms with van der Waals surface area (Å²) in [5, 5.41) is 13.1. The third-order valence-electron chi connectivity index (χ3n) is 4.40. The van der Waals surface area contributed by atoms with Crippen LogP contribution in [0.1, 0.15) is 11.3 Å². The minimum atomic E-state index is 0.586. The van der Waals surface area contributed by atoms with Crippen molar-refractivity contribution in [3.8, 4) is 5.75 Å². The molecule has 4 rings (SSSR count). The van der Waals surface area contributed by atoms with Gasteiger partial charge in [-0.1, -0.05) is 34.1 Å². The van der Waals surface area contributed by atoms with Gasteiger partial charge in [-0.05, 0) is 37.3 Å². The number of nitrogens with zero attached hydrogens (tertiary/aromatic N) is 5. The zero-order chi connectivity index (χ0) is 18.6. The van der Waals surface area contributed by atoms with E-state index < -0.39 is 0 Å². The molecule has 4 aromatic rings. The van der Waals surface area contributed by atoms with E-state index in [4.69, 9.17) is 4.74 Å². The SMILES string of the molecule is Cc1c(/C=N\n2cnnc2)c2ccccc2n1CCOc1ccc(Br)cc1. The van der Waals surface area contributed by atoms with Gasteiger partial charge in [0.1, 0.15) is 25.0 Å². The van der Waals surface area contributed by atoms with Crippen LogP contribution in [0.4, 0.5) is 0 Å². The summed E-state index contributed by atoms with van der Waals surface area (Å²) in [5.74, 6) is 0.863. The molecule has 2 aromatic heterocycles. The molecule has 2 aromatic carbocycles. The molecule has 0 unspecified atom stereocenters. The first-order valence-electron chi connectivity index (χ1n) is 8.57. The molecule has 0 aliphatic heterocycles. The minimum Gasteiger partial charge on any atom is -0.492 e. The molecule has 136 valence electrons. The number of hydrogen-bond acceptors (Lipinski definition) is 4. The summed E-state index contributed by atoms with van der Waals surface area (Å²) < 4.78 is 10.8. The van der Waals surface area contributed by atoms with E-state index in [1.54, 1.807) is 17.3 Å². The Bertz CT molecular complexity index is 1070. The highest BCUT2D eigenvalue weighted by Crippen LogP contribution is 2.25. The van der Waals surface area contributed by atoms with Crippen molar-refractivity contribution in [1.82, 2.24) is 19.4 Å². The number of para-hydroxylation sites is 1. The summed E-state index contributed by atoms with van der Waals surface area (Å²) in [6.07, 6.45) is 4.99. The van der Waals surface area contributed by atoms with Gasteiger partial charge in [-0.3, -0.25) is 0 Å². The summed E-state index contributed by atoms with van der Waals surface area (Å²) >= 11 is 3.44. The van der Waals surface area contributed by atoms with E-state index in [1.807, 2.05) is 36.5 Å². The van der Waals surface area contributed by atoms with Crippen molar-refractivity contribution in [2.45, 2.75) is 13.5 Å². The van der Waals surface area contributed by atoms with Gasteiger partial charge in [-0.25, -0.2) is 4.68 Å². The summed E-state index contributed by atoms with van der Waals surface area (Å²) in [4.78, 5) is 0. The molecule has 0 amide bonds. The molecule has 0 bridgehead atoms. The van der Waals surface area contributed by atoms with Gasteiger partial charge < -0.3 is 9.30 Å². The van der Waals surface area contributed by atoms with Gasteiger partial charge >= 0.3 is 0 Å². The van der Waals surface area contributed by atoms with Gasteiger partial charge in [0.05, 0.1) is 12.8 Å². The number of benzene rings is 2. The number of rotatable bonds is 6. The van der Waals surface area contributed by atoms with Crippen molar-refractivity contribution in [3.63, 3.8) is 0 Å². The molecule has 2 heterocycles. The molecule has 0 saturated carbocycles. The van der Waals surface area contributed by atoms with E-state index in [9.17, 15) is 0 Å². The van der Waals surface area contributed by atoms with Crippen LogP contribution in [0, 0.1) is 6.92 Å².